The van der Waals surface area contributed by atoms with Gasteiger partial charge < -0.3 is 10.6 Å². The molecule has 0 saturated heterocycles. The lowest BCUT2D eigenvalue weighted by Crippen LogP contribution is -2.19. The molecule has 4 heteroatoms. The molecule has 0 unspecified atom stereocenters. The van der Waals surface area contributed by atoms with Gasteiger partial charge in [-0.3, -0.25) is 0 Å². The lowest BCUT2D eigenvalue weighted by Gasteiger charge is -2.11. The van der Waals surface area contributed by atoms with Crippen LogP contribution >= 0.6 is 24.0 Å². The fourth-order valence-corrected chi connectivity index (χ4v) is 2.48. The van der Waals surface area contributed by atoms with Gasteiger partial charge in [0.1, 0.15) is 0 Å². The Morgan fingerprint density at radius 3 is 2.40 bits per heavy atom. The fourth-order valence-electron chi connectivity index (χ4n) is 1.84. The molecule has 0 fully saturated rings. The summed E-state index contributed by atoms with van der Waals surface area (Å²) in [4.78, 5) is 1.24. The van der Waals surface area contributed by atoms with Crippen molar-refractivity contribution in [3.63, 3.8) is 0 Å². The first kappa shape index (κ1) is 14.9. The van der Waals surface area contributed by atoms with Gasteiger partial charge in [0.15, 0.2) is 5.11 Å². The summed E-state index contributed by atoms with van der Waals surface area (Å²) in [7, 11) is 0. The average Bonchev–Trinajstić information content (AvgIpc) is 2.48. The Bertz CT molecular complexity index is 579. The van der Waals surface area contributed by atoms with Gasteiger partial charge in [-0.05, 0) is 66.9 Å². The normalized spacial score (nSPS) is 10.1. The molecule has 2 rings (SSSR count). The van der Waals surface area contributed by atoms with E-state index in [1.165, 1.54) is 10.5 Å². The molecule has 0 bridgehead atoms. The monoisotopic (exact) mass is 302 g/mol. The van der Waals surface area contributed by atoms with Gasteiger partial charge in [-0.2, -0.15) is 0 Å². The molecule has 0 aliphatic carbocycles. The molecule has 0 aromatic heterocycles. The first-order chi connectivity index (χ1) is 9.71. The Kier molecular flexibility index (Phi) is 5.44. The van der Waals surface area contributed by atoms with E-state index < -0.39 is 0 Å². The van der Waals surface area contributed by atoms with Gasteiger partial charge >= 0.3 is 0 Å². The first-order valence-corrected chi connectivity index (χ1v) is 8.15. The highest BCUT2D eigenvalue weighted by molar-refractivity contribution is 7.98. The molecule has 2 nitrogen and oxygen atoms in total. The predicted molar refractivity (Wildman–Crippen MR) is 93.9 cm³/mol. The molecule has 104 valence electrons. The highest BCUT2D eigenvalue weighted by Gasteiger charge is 2.00. The van der Waals surface area contributed by atoms with Gasteiger partial charge in [0.05, 0.1) is 0 Å². The van der Waals surface area contributed by atoms with Crippen molar-refractivity contribution in [2.75, 3.05) is 16.9 Å². The molecule has 0 amide bonds. The molecule has 0 aliphatic heterocycles. The van der Waals surface area contributed by atoms with Crippen molar-refractivity contribution in [2.24, 2.45) is 0 Å². The van der Waals surface area contributed by atoms with Crippen LogP contribution in [0.2, 0.25) is 0 Å². The van der Waals surface area contributed by atoms with E-state index >= 15 is 0 Å². The van der Waals surface area contributed by atoms with E-state index in [1.54, 1.807) is 11.8 Å². The maximum atomic E-state index is 5.33. The maximum absolute atomic E-state index is 5.33. The van der Waals surface area contributed by atoms with Gasteiger partial charge in [0, 0.05) is 16.3 Å². The molecule has 0 spiro atoms. The summed E-state index contributed by atoms with van der Waals surface area (Å²) in [5.74, 6) is 0. The molecule has 0 atom stereocenters. The van der Waals surface area contributed by atoms with Gasteiger partial charge in [0.25, 0.3) is 0 Å². The minimum absolute atomic E-state index is 0.607. The Balaban J connectivity index is 1.97. The Morgan fingerprint density at radius 1 is 1.05 bits per heavy atom. The van der Waals surface area contributed by atoms with Crippen LogP contribution in [0.5, 0.6) is 0 Å². The topological polar surface area (TPSA) is 24.1 Å². The summed E-state index contributed by atoms with van der Waals surface area (Å²) in [5.41, 5.74) is 3.30. The molecule has 2 aromatic carbocycles. The number of benzene rings is 2. The highest BCUT2D eigenvalue weighted by atomic mass is 32.2. The number of anilines is 2. The van der Waals surface area contributed by atoms with Crippen molar-refractivity contribution in [1.29, 1.82) is 0 Å². The molecule has 0 heterocycles. The lowest BCUT2D eigenvalue weighted by molar-refractivity contribution is 1.14. The molecule has 2 aromatic rings. The van der Waals surface area contributed by atoms with Crippen molar-refractivity contribution in [3.05, 3.63) is 54.1 Å². The summed E-state index contributed by atoms with van der Waals surface area (Å²) in [6.07, 6.45) is 3.08. The number of nitrogens with one attached hydrogen (secondary N) is 2. The Morgan fingerprint density at radius 2 is 1.75 bits per heavy atom. The number of thioether (sulfide) groups is 1. The largest absolute Gasteiger partial charge is 0.332 e. The van der Waals surface area contributed by atoms with Crippen LogP contribution in [-0.2, 0) is 6.42 Å². The van der Waals surface area contributed by atoms with Gasteiger partial charge in [0.2, 0.25) is 0 Å². The summed E-state index contributed by atoms with van der Waals surface area (Å²) >= 11 is 7.06. The number of thiocarbonyl (C=S) groups is 1. The second-order valence-corrected chi connectivity index (χ2v) is 5.65. The van der Waals surface area contributed by atoms with Crippen molar-refractivity contribution in [2.45, 2.75) is 18.2 Å². The zero-order valence-corrected chi connectivity index (χ0v) is 13.3. The quantitative estimate of drug-likeness (QED) is 0.627. The average molecular weight is 302 g/mol. The predicted octanol–water partition coefficient (Wildman–Crippen LogP) is 4.78. The third kappa shape index (κ3) is 4.25. The van der Waals surface area contributed by atoms with Gasteiger partial charge in [-0.15, -0.1) is 11.8 Å². The van der Waals surface area contributed by atoms with Crippen molar-refractivity contribution < 1.29 is 0 Å². The summed E-state index contributed by atoms with van der Waals surface area (Å²) < 4.78 is 0. The number of hydrogen-bond donors (Lipinski definition) is 2. The van der Waals surface area contributed by atoms with E-state index in [-0.39, 0.29) is 0 Å². The van der Waals surface area contributed by atoms with Gasteiger partial charge in [-0.1, -0.05) is 19.1 Å². The molecule has 20 heavy (non-hydrogen) atoms. The standard InChI is InChI=1S/C16H18N2S2/c1-3-12-5-4-6-14(11-12)18-16(19)17-13-7-9-15(20-2)10-8-13/h4-11H,3H2,1-2H3,(H2,17,18,19). The summed E-state index contributed by atoms with van der Waals surface area (Å²) in [6, 6.07) is 16.5. The molecule has 0 radical (unpaired) electrons. The first-order valence-electron chi connectivity index (χ1n) is 6.52. The summed E-state index contributed by atoms with van der Waals surface area (Å²) in [6.45, 7) is 2.14. The molecule has 2 N–H and O–H groups in total. The van der Waals surface area contributed by atoms with Crippen LogP contribution in [0.4, 0.5) is 11.4 Å². The zero-order chi connectivity index (χ0) is 14.4. The SMILES string of the molecule is CCc1cccc(NC(=S)Nc2ccc(SC)cc2)c1. The Hall–Kier alpha value is -1.52. The van der Waals surface area contributed by atoms with Crippen LogP contribution in [0.15, 0.2) is 53.4 Å². The second kappa shape index (κ2) is 7.31. The van der Waals surface area contributed by atoms with Crippen LogP contribution in [0.25, 0.3) is 0 Å². The summed E-state index contributed by atoms with van der Waals surface area (Å²) in [5, 5.41) is 7.01. The number of hydrogen-bond acceptors (Lipinski definition) is 2. The van der Waals surface area contributed by atoms with E-state index in [1.807, 2.05) is 24.3 Å². The van der Waals surface area contributed by atoms with E-state index in [0.29, 0.717) is 5.11 Å². The van der Waals surface area contributed by atoms with E-state index in [4.69, 9.17) is 12.2 Å². The fraction of sp³-hybridized carbons (Fsp3) is 0.188. The third-order valence-electron chi connectivity index (χ3n) is 2.94. The van der Waals surface area contributed by atoms with E-state index in [2.05, 4.69) is 48.1 Å². The molecular weight excluding hydrogens is 284 g/mol. The minimum atomic E-state index is 0.607. The van der Waals surface area contributed by atoms with Crippen LogP contribution in [0.1, 0.15) is 12.5 Å². The van der Waals surface area contributed by atoms with Gasteiger partial charge in [-0.25, -0.2) is 0 Å². The van der Waals surface area contributed by atoms with Crippen LogP contribution in [0, 0.1) is 0 Å². The van der Waals surface area contributed by atoms with Crippen LogP contribution in [0.3, 0.4) is 0 Å². The number of rotatable bonds is 4. The molecule has 0 aliphatic rings. The van der Waals surface area contributed by atoms with Crippen molar-refractivity contribution in [3.8, 4) is 0 Å². The number of aryl methyl sites for hydroxylation is 1. The smallest absolute Gasteiger partial charge is 0.175 e. The minimum Gasteiger partial charge on any atom is -0.332 e. The third-order valence-corrected chi connectivity index (χ3v) is 3.89. The highest BCUT2D eigenvalue weighted by Crippen LogP contribution is 2.18. The zero-order valence-electron chi connectivity index (χ0n) is 11.6. The molecular formula is C16H18N2S2. The van der Waals surface area contributed by atoms with Crippen molar-refractivity contribution >= 4 is 40.5 Å². The van der Waals surface area contributed by atoms with Crippen LogP contribution in [-0.4, -0.2) is 11.4 Å². The van der Waals surface area contributed by atoms with Crippen LogP contribution < -0.4 is 10.6 Å². The maximum Gasteiger partial charge on any atom is 0.175 e. The van der Waals surface area contributed by atoms with E-state index in [0.717, 1.165) is 17.8 Å². The second-order valence-electron chi connectivity index (χ2n) is 4.36. The van der Waals surface area contributed by atoms with Crippen molar-refractivity contribution in [1.82, 2.24) is 0 Å². The lowest BCUT2D eigenvalue weighted by atomic mass is 10.1. The van der Waals surface area contributed by atoms with E-state index in [9.17, 15) is 0 Å². The molecule has 0 saturated carbocycles. The Labute approximate surface area is 130 Å².